The zero-order valence-electron chi connectivity index (χ0n) is 8.77. The molecule has 0 atom stereocenters. The number of aromatic hydroxyl groups is 1. The Labute approximate surface area is 113 Å². The minimum Gasteiger partial charge on any atom is -0.508 e. The third kappa shape index (κ3) is 2.92. The smallest absolute Gasteiger partial charge is 0.115 e. The molecule has 82 valence electrons. The molecule has 0 aliphatic carbocycles. The van der Waals surface area contributed by atoms with Gasteiger partial charge in [-0.1, -0.05) is 11.8 Å². The maximum absolute atomic E-state index is 9.33. The second-order valence-corrected chi connectivity index (χ2v) is 5.87. The minimum absolute atomic E-state index is 0.324. The number of phenolic OH excluding ortho intramolecular Hbond substituents is 1. The monoisotopic (exact) mass is 342 g/mol. The number of phenols is 1. The van der Waals surface area contributed by atoms with Crippen LogP contribution in [0, 0.1) is 10.5 Å². The number of aryl methyl sites for hydroxylation is 1. The van der Waals surface area contributed by atoms with Crippen LogP contribution in [-0.2, 0) is 0 Å². The molecule has 0 spiro atoms. The molecule has 0 radical (unpaired) electrons. The predicted octanol–water partition coefficient (Wildman–Crippen LogP) is 4.46. The topological polar surface area (TPSA) is 20.2 Å². The number of hydrogen-bond donors (Lipinski definition) is 1. The standard InChI is InChI=1S/C13H11IOS/c1-9-8-11(15)4-7-13(9)16-12-5-2-10(14)3-6-12/h2-8,15H,1H3. The molecule has 16 heavy (non-hydrogen) atoms. The summed E-state index contributed by atoms with van der Waals surface area (Å²) < 4.78 is 1.24. The van der Waals surface area contributed by atoms with E-state index in [1.165, 1.54) is 13.4 Å². The number of rotatable bonds is 2. The molecule has 0 heterocycles. The van der Waals surface area contributed by atoms with E-state index < -0.39 is 0 Å². The van der Waals surface area contributed by atoms with Crippen LogP contribution >= 0.6 is 34.4 Å². The van der Waals surface area contributed by atoms with Crippen LogP contribution in [0.4, 0.5) is 0 Å². The van der Waals surface area contributed by atoms with Crippen LogP contribution in [0.3, 0.4) is 0 Å². The molecular formula is C13H11IOS. The third-order valence-corrected chi connectivity index (χ3v) is 4.10. The fourth-order valence-electron chi connectivity index (χ4n) is 1.38. The van der Waals surface area contributed by atoms with Crippen molar-refractivity contribution in [1.29, 1.82) is 0 Å². The summed E-state index contributed by atoms with van der Waals surface area (Å²) in [6.07, 6.45) is 0. The summed E-state index contributed by atoms with van der Waals surface area (Å²) in [5.74, 6) is 0.324. The van der Waals surface area contributed by atoms with Gasteiger partial charge >= 0.3 is 0 Å². The zero-order chi connectivity index (χ0) is 11.5. The molecule has 0 amide bonds. The van der Waals surface area contributed by atoms with Gasteiger partial charge in [-0.3, -0.25) is 0 Å². The average Bonchev–Trinajstić information content (AvgIpc) is 2.25. The fraction of sp³-hybridized carbons (Fsp3) is 0.0769. The summed E-state index contributed by atoms with van der Waals surface area (Å²) in [5.41, 5.74) is 1.10. The molecule has 0 saturated heterocycles. The van der Waals surface area contributed by atoms with Gasteiger partial charge in [-0.2, -0.15) is 0 Å². The van der Waals surface area contributed by atoms with Crippen molar-refractivity contribution in [1.82, 2.24) is 0 Å². The lowest BCUT2D eigenvalue weighted by atomic mass is 10.2. The molecular weight excluding hydrogens is 331 g/mol. The van der Waals surface area contributed by atoms with E-state index in [4.69, 9.17) is 0 Å². The van der Waals surface area contributed by atoms with Crippen molar-refractivity contribution in [3.05, 3.63) is 51.6 Å². The highest BCUT2D eigenvalue weighted by molar-refractivity contribution is 14.1. The Balaban J connectivity index is 2.23. The van der Waals surface area contributed by atoms with Gasteiger partial charge in [0.15, 0.2) is 0 Å². The lowest BCUT2D eigenvalue weighted by Crippen LogP contribution is -1.80. The van der Waals surface area contributed by atoms with Gasteiger partial charge in [-0.05, 0) is 77.5 Å². The van der Waals surface area contributed by atoms with Gasteiger partial charge in [0.25, 0.3) is 0 Å². The van der Waals surface area contributed by atoms with Crippen molar-refractivity contribution in [2.24, 2.45) is 0 Å². The Kier molecular flexibility index (Phi) is 3.76. The van der Waals surface area contributed by atoms with E-state index in [2.05, 4.69) is 46.9 Å². The summed E-state index contributed by atoms with van der Waals surface area (Å²) in [7, 11) is 0. The Hall–Kier alpha value is -0.680. The molecule has 0 aliphatic rings. The molecule has 0 unspecified atom stereocenters. The van der Waals surface area contributed by atoms with Gasteiger partial charge in [-0.15, -0.1) is 0 Å². The van der Waals surface area contributed by atoms with E-state index in [-0.39, 0.29) is 0 Å². The second kappa shape index (κ2) is 5.10. The first-order valence-corrected chi connectivity index (χ1v) is 6.78. The maximum atomic E-state index is 9.33. The molecule has 0 saturated carbocycles. The van der Waals surface area contributed by atoms with Gasteiger partial charge in [0, 0.05) is 13.4 Å². The molecule has 2 aromatic rings. The van der Waals surface area contributed by atoms with Gasteiger partial charge in [0.1, 0.15) is 5.75 Å². The molecule has 0 fully saturated rings. The SMILES string of the molecule is Cc1cc(O)ccc1Sc1ccc(I)cc1. The average molecular weight is 342 g/mol. The van der Waals surface area contributed by atoms with Crippen molar-refractivity contribution in [2.45, 2.75) is 16.7 Å². The molecule has 0 bridgehead atoms. The van der Waals surface area contributed by atoms with E-state index in [1.807, 2.05) is 13.0 Å². The lowest BCUT2D eigenvalue weighted by molar-refractivity contribution is 0.474. The summed E-state index contributed by atoms with van der Waals surface area (Å²) in [6.45, 7) is 2.01. The highest BCUT2D eigenvalue weighted by Gasteiger charge is 2.02. The predicted molar refractivity (Wildman–Crippen MR) is 76.1 cm³/mol. The van der Waals surface area contributed by atoms with Crippen molar-refractivity contribution < 1.29 is 5.11 Å². The number of benzene rings is 2. The molecule has 2 aromatic carbocycles. The Morgan fingerprint density at radius 3 is 2.38 bits per heavy atom. The van der Waals surface area contributed by atoms with E-state index in [0.717, 1.165) is 5.56 Å². The van der Waals surface area contributed by atoms with Crippen LogP contribution in [0.1, 0.15) is 5.56 Å². The summed E-state index contributed by atoms with van der Waals surface area (Å²) in [6, 6.07) is 13.9. The molecule has 0 aliphatic heterocycles. The molecule has 0 aromatic heterocycles. The first-order valence-electron chi connectivity index (χ1n) is 4.88. The van der Waals surface area contributed by atoms with E-state index in [0.29, 0.717) is 5.75 Å². The molecule has 1 nitrogen and oxygen atoms in total. The second-order valence-electron chi connectivity index (χ2n) is 3.51. The highest BCUT2D eigenvalue weighted by atomic mass is 127. The van der Waals surface area contributed by atoms with Crippen molar-refractivity contribution >= 4 is 34.4 Å². The number of halogens is 1. The van der Waals surface area contributed by atoms with Gasteiger partial charge in [0.2, 0.25) is 0 Å². The van der Waals surface area contributed by atoms with Gasteiger partial charge in [-0.25, -0.2) is 0 Å². The highest BCUT2D eigenvalue weighted by Crippen LogP contribution is 2.32. The quantitative estimate of drug-likeness (QED) is 0.814. The van der Waals surface area contributed by atoms with Gasteiger partial charge in [0.05, 0.1) is 0 Å². The van der Waals surface area contributed by atoms with E-state index >= 15 is 0 Å². The Bertz CT molecular complexity index is 494. The lowest BCUT2D eigenvalue weighted by Gasteiger charge is -2.05. The minimum atomic E-state index is 0.324. The Morgan fingerprint density at radius 2 is 1.75 bits per heavy atom. The van der Waals surface area contributed by atoms with Crippen LogP contribution in [-0.4, -0.2) is 5.11 Å². The van der Waals surface area contributed by atoms with Crippen molar-refractivity contribution in [3.63, 3.8) is 0 Å². The normalized spacial score (nSPS) is 10.4. The fourth-order valence-corrected chi connectivity index (χ4v) is 2.62. The van der Waals surface area contributed by atoms with Crippen LogP contribution in [0.5, 0.6) is 5.75 Å². The maximum Gasteiger partial charge on any atom is 0.115 e. The van der Waals surface area contributed by atoms with E-state index in [1.54, 1.807) is 23.9 Å². The van der Waals surface area contributed by atoms with Crippen LogP contribution in [0.2, 0.25) is 0 Å². The van der Waals surface area contributed by atoms with Gasteiger partial charge < -0.3 is 5.11 Å². The van der Waals surface area contributed by atoms with Crippen LogP contribution < -0.4 is 0 Å². The first kappa shape index (κ1) is 11.8. The summed E-state index contributed by atoms with van der Waals surface area (Å²) in [4.78, 5) is 2.40. The first-order chi connectivity index (χ1) is 7.65. The third-order valence-electron chi connectivity index (χ3n) is 2.20. The molecule has 3 heteroatoms. The summed E-state index contributed by atoms with van der Waals surface area (Å²) in [5, 5.41) is 9.33. The van der Waals surface area contributed by atoms with Crippen LogP contribution in [0.15, 0.2) is 52.3 Å². The summed E-state index contributed by atoms with van der Waals surface area (Å²) >= 11 is 4.01. The van der Waals surface area contributed by atoms with Crippen molar-refractivity contribution in [3.8, 4) is 5.75 Å². The van der Waals surface area contributed by atoms with Crippen molar-refractivity contribution in [2.75, 3.05) is 0 Å². The largest absolute Gasteiger partial charge is 0.508 e. The van der Waals surface area contributed by atoms with Crippen LogP contribution in [0.25, 0.3) is 0 Å². The molecule has 2 rings (SSSR count). The zero-order valence-corrected chi connectivity index (χ0v) is 11.7. The Morgan fingerprint density at radius 1 is 1.06 bits per heavy atom. The van der Waals surface area contributed by atoms with E-state index in [9.17, 15) is 5.11 Å². The number of hydrogen-bond acceptors (Lipinski definition) is 2. The molecule has 1 N–H and O–H groups in total.